The Morgan fingerprint density at radius 2 is 0.767 bits per heavy atom. The lowest BCUT2D eigenvalue weighted by Crippen LogP contribution is -2.59. The van der Waals surface area contributed by atoms with Crippen LogP contribution in [0, 0.1) is 0 Å². The van der Waals surface area contributed by atoms with E-state index < -0.39 is 135 Å². The maximum absolute atomic E-state index is 12.9. The summed E-state index contributed by atoms with van der Waals surface area (Å²) < 4.78 is 0. The van der Waals surface area contributed by atoms with E-state index in [1.54, 1.807) is 0 Å². The molecule has 0 heterocycles. The van der Waals surface area contributed by atoms with Crippen molar-refractivity contribution in [3.8, 4) is 0 Å². The summed E-state index contributed by atoms with van der Waals surface area (Å²) in [6.45, 7) is 0. The molecule has 0 rings (SSSR count). The van der Waals surface area contributed by atoms with Crippen molar-refractivity contribution in [2.75, 3.05) is 0 Å². The number of nitrogens with one attached hydrogen (secondary N) is 4. The number of hydrogen-bond acceptors (Lipinski definition) is 11. The van der Waals surface area contributed by atoms with Gasteiger partial charge in [-0.15, -0.1) is 0 Å². The van der Waals surface area contributed by atoms with Gasteiger partial charge in [0.25, 0.3) is 0 Å². The molecule has 0 aliphatic heterocycles. The molecule has 0 aliphatic carbocycles. The molecular formula is C22H31N5O16. The first-order valence-electron chi connectivity index (χ1n) is 12.1. The molecule has 0 spiro atoms. The third-order valence-corrected chi connectivity index (χ3v) is 5.30. The van der Waals surface area contributed by atoms with Gasteiger partial charge in [-0.1, -0.05) is 0 Å². The number of aliphatic carboxylic acids is 6. The summed E-state index contributed by atoms with van der Waals surface area (Å²) in [5.74, 6) is -14.8. The molecule has 240 valence electrons. The van der Waals surface area contributed by atoms with Crippen LogP contribution in [-0.4, -0.2) is 120 Å². The maximum atomic E-state index is 12.9. The number of hydrogen-bond donors (Lipinski definition) is 11. The smallest absolute Gasteiger partial charge is 0.326 e. The van der Waals surface area contributed by atoms with Crippen molar-refractivity contribution >= 4 is 59.4 Å². The van der Waals surface area contributed by atoms with Crippen molar-refractivity contribution in [3.63, 3.8) is 0 Å². The van der Waals surface area contributed by atoms with E-state index in [1.807, 2.05) is 21.3 Å². The Hall–Kier alpha value is -5.34. The van der Waals surface area contributed by atoms with Crippen LogP contribution in [0.2, 0.25) is 0 Å². The molecule has 0 fully saturated rings. The summed E-state index contributed by atoms with van der Waals surface area (Å²) in [4.78, 5) is 117. The number of carbonyl (C=O) groups excluding carboxylic acids is 4. The highest BCUT2D eigenvalue weighted by Gasteiger charge is 2.34. The van der Waals surface area contributed by atoms with Gasteiger partial charge in [-0.05, 0) is 12.8 Å². The molecule has 0 saturated carbocycles. The maximum Gasteiger partial charge on any atom is 0.326 e. The summed E-state index contributed by atoms with van der Waals surface area (Å²) in [5.41, 5.74) is 5.38. The van der Waals surface area contributed by atoms with Gasteiger partial charge in [0, 0.05) is 12.8 Å². The monoisotopic (exact) mass is 621 g/mol. The van der Waals surface area contributed by atoms with Crippen molar-refractivity contribution in [2.45, 2.75) is 75.2 Å². The summed E-state index contributed by atoms with van der Waals surface area (Å²) in [6, 6.07) is -9.41. The fourth-order valence-corrected chi connectivity index (χ4v) is 3.21. The molecule has 0 unspecified atom stereocenters. The molecule has 0 aromatic rings. The zero-order valence-electron chi connectivity index (χ0n) is 22.2. The average Bonchev–Trinajstić information content (AvgIpc) is 2.86. The average molecular weight is 622 g/mol. The molecule has 5 atom stereocenters. The van der Waals surface area contributed by atoms with Crippen LogP contribution in [-0.2, 0) is 47.9 Å². The Morgan fingerprint density at radius 3 is 1.14 bits per heavy atom. The van der Waals surface area contributed by atoms with Crippen LogP contribution in [0.5, 0.6) is 0 Å². The van der Waals surface area contributed by atoms with Gasteiger partial charge in [-0.25, -0.2) is 4.79 Å². The lowest BCUT2D eigenvalue weighted by atomic mass is 10.1. The van der Waals surface area contributed by atoms with E-state index in [0.717, 1.165) is 0 Å². The van der Waals surface area contributed by atoms with Crippen LogP contribution in [0.3, 0.4) is 0 Å². The second-order valence-corrected chi connectivity index (χ2v) is 8.85. The summed E-state index contributed by atoms with van der Waals surface area (Å²) in [5, 5.41) is 61.6. The van der Waals surface area contributed by atoms with E-state index in [1.165, 1.54) is 0 Å². The Bertz CT molecular complexity index is 1120. The van der Waals surface area contributed by atoms with E-state index in [9.17, 15) is 53.1 Å². The van der Waals surface area contributed by atoms with Crippen LogP contribution in [0.4, 0.5) is 0 Å². The van der Waals surface area contributed by atoms with Crippen molar-refractivity contribution in [1.29, 1.82) is 0 Å². The first-order valence-corrected chi connectivity index (χ1v) is 12.1. The predicted octanol–water partition coefficient (Wildman–Crippen LogP) is -4.51. The van der Waals surface area contributed by atoms with Gasteiger partial charge >= 0.3 is 35.8 Å². The normalized spacial score (nSPS) is 14.0. The van der Waals surface area contributed by atoms with Crippen LogP contribution >= 0.6 is 0 Å². The molecule has 0 saturated heterocycles. The minimum atomic E-state index is -2.02. The molecule has 0 aromatic carbocycles. The van der Waals surface area contributed by atoms with E-state index in [0.29, 0.717) is 0 Å². The third-order valence-electron chi connectivity index (χ3n) is 5.30. The second-order valence-electron chi connectivity index (χ2n) is 8.85. The molecule has 21 nitrogen and oxygen atoms in total. The van der Waals surface area contributed by atoms with E-state index in [4.69, 9.17) is 31.3 Å². The molecule has 0 bridgehead atoms. The summed E-state index contributed by atoms with van der Waals surface area (Å²) >= 11 is 0. The third kappa shape index (κ3) is 15.9. The number of rotatable bonds is 21. The lowest BCUT2D eigenvalue weighted by Gasteiger charge is -2.25. The Kier molecular flexibility index (Phi) is 15.9. The standard InChI is InChI=1S/C22H31N5O16/c23-8(5-15(32)33)18(38)26-11(6-16(34)35)20(40)24-9(1-3-13(28)29)19(39)27-12(7-17(36)37)21(41)25-10(22(42)43)2-4-14(30)31/h8-12H,1-7,23H2,(H,24,40)(H,25,41)(H,26,38)(H,27,39)(H,28,29)(H,30,31)(H,32,33)(H,34,35)(H,36,37)(H,42,43)/t8-,9-,10-,11-,12-/m0/s1. The largest absolute Gasteiger partial charge is 0.481 e. The molecule has 0 aromatic heterocycles. The lowest BCUT2D eigenvalue weighted by molar-refractivity contribution is -0.144. The minimum absolute atomic E-state index is 0.617. The Balaban J connectivity index is 5.99. The topological polar surface area (TPSA) is 366 Å². The fraction of sp³-hybridized carbons (Fsp3) is 0.545. The molecule has 12 N–H and O–H groups in total. The fourth-order valence-electron chi connectivity index (χ4n) is 3.21. The second kappa shape index (κ2) is 18.2. The highest BCUT2D eigenvalue weighted by molar-refractivity contribution is 5.97. The quantitative estimate of drug-likeness (QED) is 0.0575. The Morgan fingerprint density at radius 1 is 0.442 bits per heavy atom. The number of nitrogens with two attached hydrogens (primary N) is 1. The molecular weight excluding hydrogens is 590 g/mol. The van der Waals surface area contributed by atoms with Gasteiger partial charge in [-0.3, -0.25) is 43.2 Å². The Labute approximate surface area is 240 Å². The highest BCUT2D eigenvalue weighted by Crippen LogP contribution is 2.06. The zero-order valence-corrected chi connectivity index (χ0v) is 22.2. The van der Waals surface area contributed by atoms with Crippen LogP contribution in [0.1, 0.15) is 44.9 Å². The van der Waals surface area contributed by atoms with Gasteiger partial charge in [0.1, 0.15) is 24.2 Å². The molecule has 0 radical (unpaired) electrons. The van der Waals surface area contributed by atoms with Crippen LogP contribution in [0.25, 0.3) is 0 Å². The zero-order chi connectivity index (χ0) is 33.4. The van der Waals surface area contributed by atoms with Crippen molar-refractivity contribution in [1.82, 2.24) is 21.3 Å². The number of carbonyl (C=O) groups is 10. The van der Waals surface area contributed by atoms with Crippen molar-refractivity contribution < 1.29 is 78.6 Å². The van der Waals surface area contributed by atoms with Gasteiger partial charge in [-0.2, -0.15) is 0 Å². The van der Waals surface area contributed by atoms with Crippen LogP contribution < -0.4 is 27.0 Å². The minimum Gasteiger partial charge on any atom is -0.481 e. The molecule has 4 amide bonds. The number of carboxylic acids is 6. The van der Waals surface area contributed by atoms with Gasteiger partial charge in [0.05, 0.1) is 25.3 Å². The van der Waals surface area contributed by atoms with Crippen molar-refractivity contribution in [2.24, 2.45) is 5.73 Å². The molecule has 21 heteroatoms. The van der Waals surface area contributed by atoms with Crippen LogP contribution in [0.15, 0.2) is 0 Å². The van der Waals surface area contributed by atoms with E-state index >= 15 is 0 Å². The molecule has 0 aliphatic rings. The summed E-state index contributed by atoms with van der Waals surface area (Å²) in [7, 11) is 0. The number of amides is 4. The first kappa shape index (κ1) is 37.7. The molecule has 43 heavy (non-hydrogen) atoms. The van der Waals surface area contributed by atoms with Gasteiger partial charge in [0.15, 0.2) is 0 Å². The predicted molar refractivity (Wildman–Crippen MR) is 134 cm³/mol. The van der Waals surface area contributed by atoms with Gasteiger partial charge < -0.3 is 57.6 Å². The summed E-state index contributed by atoms with van der Waals surface area (Å²) in [6.07, 6.45) is -5.99. The number of carboxylic acid groups (broad SMARTS) is 6. The highest BCUT2D eigenvalue weighted by atomic mass is 16.4. The van der Waals surface area contributed by atoms with E-state index in [-0.39, 0.29) is 0 Å². The first-order chi connectivity index (χ1) is 19.8. The SMILES string of the molecule is N[C@@H](CC(=O)O)C(=O)N[C@@H](CC(=O)O)C(=O)N[C@@H](CCC(=O)O)C(=O)N[C@@H](CC(=O)O)C(=O)N[C@@H](CCC(=O)O)C(=O)O. The van der Waals surface area contributed by atoms with Gasteiger partial charge in [0.2, 0.25) is 23.6 Å². The van der Waals surface area contributed by atoms with Crippen molar-refractivity contribution in [3.05, 3.63) is 0 Å². The van der Waals surface area contributed by atoms with E-state index in [2.05, 4.69) is 0 Å².